The molecule has 0 radical (unpaired) electrons. The molecule has 0 unspecified atom stereocenters. The molecule has 4 rings (SSSR count). The number of anilines is 1. The molecule has 0 fully saturated rings. The van der Waals surface area contributed by atoms with Crippen molar-refractivity contribution in [2.45, 2.75) is 50.1 Å². The standard InChI is InChI=1S/C25H28N4O3S/c1-24(2)16-18(17-25(3,4)29-24)21-15-22(32-19-11-7-5-8-12-19)27-23(26-21)28-33(30,31)20-13-9-6-10-14-20/h5-16,29H,17H2,1-4H3,(H,26,27,28). The molecule has 3 aromatic rings. The van der Waals surface area contributed by atoms with Crippen molar-refractivity contribution in [3.63, 3.8) is 0 Å². The van der Waals surface area contributed by atoms with E-state index >= 15 is 0 Å². The maximum absolute atomic E-state index is 12.9. The first-order valence-electron chi connectivity index (χ1n) is 10.7. The third kappa shape index (κ3) is 5.77. The Morgan fingerprint density at radius 3 is 2.21 bits per heavy atom. The van der Waals surface area contributed by atoms with E-state index in [-0.39, 0.29) is 27.8 Å². The second-order valence-electron chi connectivity index (χ2n) is 9.33. The van der Waals surface area contributed by atoms with Gasteiger partial charge in [0.25, 0.3) is 10.0 Å². The highest BCUT2D eigenvalue weighted by Crippen LogP contribution is 2.34. The molecular formula is C25H28N4O3S. The number of aromatic nitrogens is 2. The summed E-state index contributed by atoms with van der Waals surface area (Å²) in [6.45, 7) is 8.44. The van der Waals surface area contributed by atoms with Crippen LogP contribution in [0.15, 0.2) is 77.7 Å². The van der Waals surface area contributed by atoms with Gasteiger partial charge in [0.05, 0.1) is 10.6 Å². The van der Waals surface area contributed by atoms with Crippen LogP contribution >= 0.6 is 0 Å². The number of sulfonamides is 1. The average molecular weight is 465 g/mol. The summed E-state index contributed by atoms with van der Waals surface area (Å²) in [6, 6.07) is 19.1. The third-order valence-corrected chi connectivity index (χ3v) is 6.45. The zero-order valence-electron chi connectivity index (χ0n) is 19.2. The van der Waals surface area contributed by atoms with E-state index in [2.05, 4.69) is 53.8 Å². The first-order valence-corrected chi connectivity index (χ1v) is 12.2. The van der Waals surface area contributed by atoms with Crippen molar-refractivity contribution < 1.29 is 13.2 Å². The van der Waals surface area contributed by atoms with Crippen LogP contribution in [-0.2, 0) is 10.0 Å². The molecule has 0 spiro atoms. The van der Waals surface area contributed by atoms with Gasteiger partial charge in [-0.05, 0) is 64.0 Å². The largest absolute Gasteiger partial charge is 0.439 e. The topological polar surface area (TPSA) is 93.2 Å². The molecule has 0 aliphatic carbocycles. The number of rotatable bonds is 6. The van der Waals surface area contributed by atoms with E-state index in [9.17, 15) is 8.42 Å². The van der Waals surface area contributed by atoms with Gasteiger partial charge in [0.15, 0.2) is 0 Å². The fraction of sp³-hybridized carbons (Fsp3) is 0.280. The summed E-state index contributed by atoms with van der Waals surface area (Å²) < 4.78 is 34.3. The fourth-order valence-corrected chi connectivity index (χ4v) is 5.12. The van der Waals surface area contributed by atoms with Crippen molar-refractivity contribution in [1.82, 2.24) is 15.3 Å². The predicted octanol–water partition coefficient (Wildman–Crippen LogP) is 5.00. The summed E-state index contributed by atoms with van der Waals surface area (Å²) in [7, 11) is -3.86. The Kier molecular flexibility index (Phi) is 5.99. The van der Waals surface area contributed by atoms with Gasteiger partial charge in [0, 0.05) is 17.1 Å². The molecule has 2 heterocycles. The van der Waals surface area contributed by atoms with Crippen molar-refractivity contribution in [1.29, 1.82) is 0 Å². The van der Waals surface area contributed by atoms with Crippen LogP contribution in [0.1, 0.15) is 39.8 Å². The summed E-state index contributed by atoms with van der Waals surface area (Å²) in [5.74, 6) is 0.809. The molecule has 33 heavy (non-hydrogen) atoms. The third-order valence-electron chi connectivity index (χ3n) is 5.10. The maximum atomic E-state index is 12.9. The molecule has 172 valence electrons. The first-order chi connectivity index (χ1) is 15.5. The van der Waals surface area contributed by atoms with Gasteiger partial charge in [-0.2, -0.15) is 4.98 Å². The number of nitrogens with zero attached hydrogens (tertiary/aromatic N) is 2. The Labute approximate surface area is 195 Å². The second kappa shape index (κ2) is 8.61. The zero-order chi connectivity index (χ0) is 23.7. The SMILES string of the molecule is CC1(C)C=C(c2cc(Oc3ccccc3)nc(NS(=O)(=O)c3ccccc3)n2)CC(C)(C)N1. The summed E-state index contributed by atoms with van der Waals surface area (Å²) in [5, 5.41) is 3.60. The molecule has 0 bridgehead atoms. The number of hydrogen-bond acceptors (Lipinski definition) is 6. The average Bonchev–Trinajstić information content (AvgIpc) is 2.72. The van der Waals surface area contributed by atoms with Gasteiger partial charge >= 0.3 is 0 Å². The van der Waals surface area contributed by atoms with Crippen molar-refractivity contribution >= 4 is 21.5 Å². The second-order valence-corrected chi connectivity index (χ2v) is 11.0. The monoisotopic (exact) mass is 464 g/mol. The minimum absolute atomic E-state index is 0.0441. The van der Waals surface area contributed by atoms with E-state index in [1.165, 1.54) is 12.1 Å². The molecule has 2 aromatic carbocycles. The van der Waals surface area contributed by atoms with Gasteiger partial charge < -0.3 is 10.1 Å². The number of benzene rings is 2. The van der Waals surface area contributed by atoms with Crippen LogP contribution in [0.2, 0.25) is 0 Å². The van der Waals surface area contributed by atoms with Crippen molar-refractivity contribution in [3.05, 3.63) is 78.5 Å². The minimum Gasteiger partial charge on any atom is -0.439 e. The summed E-state index contributed by atoms with van der Waals surface area (Å²) >= 11 is 0. The molecule has 0 amide bonds. The van der Waals surface area contributed by atoms with E-state index in [0.717, 1.165) is 5.57 Å². The van der Waals surface area contributed by atoms with Gasteiger partial charge in [0.2, 0.25) is 11.8 Å². The maximum Gasteiger partial charge on any atom is 0.264 e. The molecule has 7 nitrogen and oxygen atoms in total. The highest BCUT2D eigenvalue weighted by atomic mass is 32.2. The lowest BCUT2D eigenvalue weighted by Crippen LogP contribution is -2.53. The van der Waals surface area contributed by atoms with Crippen molar-refractivity contribution in [3.8, 4) is 11.6 Å². The van der Waals surface area contributed by atoms with Crippen LogP contribution in [0.3, 0.4) is 0 Å². The number of para-hydroxylation sites is 1. The molecule has 1 aliphatic heterocycles. The van der Waals surface area contributed by atoms with E-state index in [1.54, 1.807) is 24.3 Å². The van der Waals surface area contributed by atoms with Gasteiger partial charge in [0.1, 0.15) is 5.75 Å². The van der Waals surface area contributed by atoms with Crippen LogP contribution in [0.4, 0.5) is 5.95 Å². The smallest absolute Gasteiger partial charge is 0.264 e. The Balaban J connectivity index is 1.77. The molecule has 1 aliphatic rings. The zero-order valence-corrected chi connectivity index (χ0v) is 20.0. The first kappa shape index (κ1) is 22.9. The summed E-state index contributed by atoms with van der Waals surface area (Å²) in [4.78, 5) is 9.04. The quantitative estimate of drug-likeness (QED) is 0.533. The summed E-state index contributed by atoms with van der Waals surface area (Å²) in [5.41, 5.74) is 1.18. The lowest BCUT2D eigenvalue weighted by molar-refractivity contribution is 0.297. The highest BCUT2D eigenvalue weighted by Gasteiger charge is 2.33. The molecule has 0 saturated carbocycles. The number of nitrogens with one attached hydrogen (secondary N) is 2. The summed E-state index contributed by atoms with van der Waals surface area (Å²) in [6.07, 6.45) is 2.82. The number of hydrogen-bond donors (Lipinski definition) is 2. The van der Waals surface area contributed by atoms with Crippen LogP contribution in [0.25, 0.3) is 5.57 Å². The predicted molar refractivity (Wildman–Crippen MR) is 130 cm³/mol. The van der Waals surface area contributed by atoms with Crippen molar-refractivity contribution in [2.75, 3.05) is 4.72 Å². The Bertz CT molecular complexity index is 1270. The van der Waals surface area contributed by atoms with Gasteiger partial charge in [-0.3, -0.25) is 0 Å². The lowest BCUT2D eigenvalue weighted by atomic mass is 9.82. The van der Waals surface area contributed by atoms with Gasteiger partial charge in [-0.1, -0.05) is 42.5 Å². The Hall–Kier alpha value is -3.23. The normalized spacial score (nSPS) is 17.2. The van der Waals surface area contributed by atoms with Crippen LogP contribution in [0.5, 0.6) is 11.6 Å². The van der Waals surface area contributed by atoms with Crippen LogP contribution in [0, 0.1) is 0 Å². The molecular weight excluding hydrogens is 436 g/mol. The fourth-order valence-electron chi connectivity index (χ4n) is 4.16. The van der Waals surface area contributed by atoms with E-state index in [0.29, 0.717) is 17.9 Å². The Morgan fingerprint density at radius 2 is 1.58 bits per heavy atom. The van der Waals surface area contributed by atoms with E-state index in [1.807, 2.05) is 30.3 Å². The van der Waals surface area contributed by atoms with Crippen LogP contribution in [-0.4, -0.2) is 29.5 Å². The van der Waals surface area contributed by atoms with Gasteiger partial charge in [-0.15, -0.1) is 0 Å². The van der Waals surface area contributed by atoms with Gasteiger partial charge in [-0.25, -0.2) is 18.1 Å². The van der Waals surface area contributed by atoms with E-state index in [4.69, 9.17) is 4.74 Å². The molecule has 1 aromatic heterocycles. The molecule has 8 heteroatoms. The molecule has 0 saturated heterocycles. The van der Waals surface area contributed by atoms with Crippen molar-refractivity contribution in [2.24, 2.45) is 0 Å². The molecule has 2 N–H and O–H groups in total. The Morgan fingerprint density at radius 1 is 0.939 bits per heavy atom. The highest BCUT2D eigenvalue weighted by molar-refractivity contribution is 7.92. The minimum atomic E-state index is -3.86. The number of ether oxygens (including phenoxy) is 1. The lowest BCUT2D eigenvalue weighted by Gasteiger charge is -2.41. The van der Waals surface area contributed by atoms with E-state index < -0.39 is 10.0 Å². The molecule has 0 atom stereocenters. The van der Waals surface area contributed by atoms with Crippen LogP contribution < -0.4 is 14.8 Å².